The van der Waals surface area contributed by atoms with Crippen LogP contribution in [-0.4, -0.2) is 48.1 Å². The van der Waals surface area contributed by atoms with Gasteiger partial charge >= 0.3 is 0 Å². The molecule has 3 heterocycles. The predicted octanol–water partition coefficient (Wildman–Crippen LogP) is 2.64. The zero-order valence-corrected chi connectivity index (χ0v) is 17.5. The van der Waals surface area contributed by atoms with Gasteiger partial charge in [-0.2, -0.15) is 5.10 Å². The van der Waals surface area contributed by atoms with Crippen molar-refractivity contribution in [2.45, 2.75) is 44.9 Å². The molecule has 1 aromatic carbocycles. The molecule has 2 saturated heterocycles. The molecule has 29 heavy (non-hydrogen) atoms. The molecule has 0 radical (unpaired) electrons. The van der Waals surface area contributed by atoms with E-state index in [1.807, 2.05) is 36.0 Å². The van der Waals surface area contributed by atoms with Gasteiger partial charge in [0.15, 0.2) is 0 Å². The maximum Gasteiger partial charge on any atom is 0.272 e. The Morgan fingerprint density at radius 2 is 2.28 bits per heavy atom. The summed E-state index contributed by atoms with van der Waals surface area (Å²) in [6, 6.07) is 8.16. The molecule has 0 saturated carbocycles. The highest BCUT2D eigenvalue weighted by atomic mass is 35.5. The van der Waals surface area contributed by atoms with Gasteiger partial charge in [0.2, 0.25) is 0 Å². The maximum atomic E-state index is 12.6. The summed E-state index contributed by atoms with van der Waals surface area (Å²) >= 11 is 0. The van der Waals surface area contributed by atoms with Crippen LogP contribution >= 0.6 is 12.4 Å². The van der Waals surface area contributed by atoms with Crippen molar-refractivity contribution in [3.8, 4) is 5.75 Å². The van der Waals surface area contributed by atoms with Crippen molar-refractivity contribution in [1.82, 2.24) is 20.4 Å². The summed E-state index contributed by atoms with van der Waals surface area (Å²) in [6.45, 7) is 5.75. The molecular formula is C21H29ClN4O3. The highest BCUT2D eigenvalue weighted by molar-refractivity contribution is 5.92. The van der Waals surface area contributed by atoms with Crippen LogP contribution in [0, 0.1) is 6.92 Å². The van der Waals surface area contributed by atoms with Gasteiger partial charge in [-0.05, 0) is 44.0 Å². The van der Waals surface area contributed by atoms with Crippen LogP contribution in [0.3, 0.4) is 0 Å². The number of halogens is 1. The first-order chi connectivity index (χ1) is 13.7. The van der Waals surface area contributed by atoms with Crippen molar-refractivity contribution in [1.29, 1.82) is 0 Å². The third-order valence-corrected chi connectivity index (χ3v) is 5.33. The zero-order chi connectivity index (χ0) is 19.3. The van der Waals surface area contributed by atoms with Gasteiger partial charge in [0.1, 0.15) is 17.5 Å². The quantitative estimate of drug-likeness (QED) is 0.751. The summed E-state index contributed by atoms with van der Waals surface area (Å²) < 4.78 is 13.4. The third-order valence-electron chi connectivity index (χ3n) is 5.33. The van der Waals surface area contributed by atoms with E-state index in [-0.39, 0.29) is 24.4 Å². The third kappa shape index (κ3) is 5.50. The van der Waals surface area contributed by atoms with E-state index in [1.54, 1.807) is 6.07 Å². The number of nitrogens with zero attached hydrogens (tertiary/aromatic N) is 2. The first-order valence-corrected chi connectivity index (χ1v) is 10.1. The van der Waals surface area contributed by atoms with Crippen molar-refractivity contribution in [2.24, 2.45) is 0 Å². The second-order valence-electron chi connectivity index (χ2n) is 7.58. The number of hydrogen-bond acceptors (Lipinski definition) is 5. The highest BCUT2D eigenvalue weighted by Crippen LogP contribution is 2.24. The van der Waals surface area contributed by atoms with Gasteiger partial charge in [-0.15, -0.1) is 12.4 Å². The van der Waals surface area contributed by atoms with E-state index in [9.17, 15) is 4.79 Å². The van der Waals surface area contributed by atoms with E-state index < -0.39 is 0 Å². The summed E-state index contributed by atoms with van der Waals surface area (Å²) in [4.78, 5) is 12.6. The molecule has 4 rings (SSSR count). The number of amides is 1. The number of rotatable bonds is 6. The number of aromatic nitrogens is 2. The number of carbonyl (C=O) groups excluding carboxylic acids is 1. The van der Waals surface area contributed by atoms with Crippen LogP contribution in [0.25, 0.3) is 0 Å². The Morgan fingerprint density at radius 1 is 1.38 bits per heavy atom. The Balaban J connectivity index is 0.00000240. The summed E-state index contributed by atoms with van der Waals surface area (Å²) in [7, 11) is 0. The largest absolute Gasteiger partial charge is 0.488 e. The molecule has 2 unspecified atom stereocenters. The Hall–Kier alpha value is -2.09. The molecule has 2 fully saturated rings. The zero-order valence-electron chi connectivity index (χ0n) is 16.7. The average molecular weight is 421 g/mol. The van der Waals surface area contributed by atoms with Crippen molar-refractivity contribution < 1.29 is 14.3 Å². The molecule has 0 bridgehead atoms. The molecule has 2 aromatic rings. The first kappa shape index (κ1) is 21.6. The number of benzene rings is 1. The monoisotopic (exact) mass is 420 g/mol. The van der Waals surface area contributed by atoms with Crippen molar-refractivity contribution in [3.63, 3.8) is 0 Å². The van der Waals surface area contributed by atoms with Crippen LogP contribution in [-0.2, 0) is 11.3 Å². The van der Waals surface area contributed by atoms with Crippen LogP contribution in [0.15, 0.2) is 30.5 Å². The van der Waals surface area contributed by atoms with Crippen molar-refractivity contribution in [2.75, 3.05) is 26.3 Å². The van der Waals surface area contributed by atoms with E-state index in [2.05, 4.69) is 15.7 Å². The second kappa shape index (κ2) is 10.1. The number of hydrogen-bond donors (Lipinski definition) is 2. The minimum Gasteiger partial charge on any atom is -0.488 e. The number of carbonyl (C=O) groups is 1. The van der Waals surface area contributed by atoms with Crippen LogP contribution in [0.4, 0.5) is 0 Å². The van der Waals surface area contributed by atoms with E-state index in [4.69, 9.17) is 9.47 Å². The van der Waals surface area contributed by atoms with E-state index in [1.165, 1.54) is 0 Å². The molecule has 1 aromatic heterocycles. The van der Waals surface area contributed by atoms with E-state index >= 15 is 0 Å². The van der Waals surface area contributed by atoms with Gasteiger partial charge in [0, 0.05) is 31.3 Å². The molecule has 2 aliphatic rings. The Kier molecular flexibility index (Phi) is 7.52. The molecule has 0 spiro atoms. The molecule has 2 N–H and O–H groups in total. The lowest BCUT2D eigenvalue weighted by Crippen LogP contribution is -2.32. The molecule has 8 heteroatoms. The van der Waals surface area contributed by atoms with Crippen LogP contribution in [0.5, 0.6) is 5.75 Å². The van der Waals surface area contributed by atoms with Gasteiger partial charge in [-0.3, -0.25) is 9.48 Å². The SMILES string of the molecule is Cc1ccc(CNC(=O)c2ccn(C3CCCNC3)n2)c(OC2CCOC2)c1.Cl. The summed E-state index contributed by atoms with van der Waals surface area (Å²) in [5.74, 6) is 0.646. The van der Waals surface area contributed by atoms with Crippen molar-refractivity contribution >= 4 is 18.3 Å². The topological polar surface area (TPSA) is 77.4 Å². The minimum atomic E-state index is -0.168. The maximum absolute atomic E-state index is 12.6. The fraction of sp³-hybridized carbons (Fsp3) is 0.524. The van der Waals surface area contributed by atoms with Crippen molar-refractivity contribution in [3.05, 3.63) is 47.3 Å². The normalized spacial score (nSPS) is 21.4. The van der Waals surface area contributed by atoms with Gasteiger partial charge < -0.3 is 20.1 Å². The Labute approximate surface area is 177 Å². The first-order valence-electron chi connectivity index (χ1n) is 10.1. The fourth-order valence-corrected chi connectivity index (χ4v) is 3.69. The van der Waals surface area contributed by atoms with Gasteiger partial charge in [-0.1, -0.05) is 12.1 Å². The average Bonchev–Trinajstić information content (AvgIpc) is 3.40. The highest BCUT2D eigenvalue weighted by Gasteiger charge is 2.20. The molecule has 2 aliphatic heterocycles. The van der Waals surface area contributed by atoms with Crippen LogP contribution in [0.2, 0.25) is 0 Å². The lowest BCUT2D eigenvalue weighted by atomic mass is 10.1. The molecule has 7 nitrogen and oxygen atoms in total. The molecule has 158 valence electrons. The molecule has 0 aliphatic carbocycles. The van der Waals surface area contributed by atoms with Crippen LogP contribution in [0.1, 0.15) is 46.9 Å². The lowest BCUT2D eigenvalue weighted by molar-refractivity contribution is 0.0943. The molecular weight excluding hydrogens is 392 g/mol. The molecule has 1 amide bonds. The minimum absolute atomic E-state index is 0. The van der Waals surface area contributed by atoms with Gasteiger partial charge in [-0.25, -0.2) is 0 Å². The van der Waals surface area contributed by atoms with Gasteiger partial charge in [0.25, 0.3) is 5.91 Å². The number of nitrogens with one attached hydrogen (secondary N) is 2. The summed E-state index contributed by atoms with van der Waals surface area (Å²) in [6.07, 6.45) is 5.09. The lowest BCUT2D eigenvalue weighted by Gasteiger charge is -2.22. The standard InChI is InChI=1S/C21H28N4O3.ClH/c1-15-4-5-16(20(11-15)28-18-7-10-27-14-18)12-23-21(26)19-6-9-25(24-19)17-3-2-8-22-13-17;/h4-6,9,11,17-18,22H,2-3,7-8,10,12-14H2,1H3,(H,23,26);1H. The smallest absolute Gasteiger partial charge is 0.272 e. The molecule has 2 atom stereocenters. The van der Waals surface area contributed by atoms with E-state index in [0.717, 1.165) is 55.8 Å². The number of aryl methyl sites for hydroxylation is 1. The van der Waals surface area contributed by atoms with Gasteiger partial charge in [0.05, 0.1) is 19.3 Å². The predicted molar refractivity (Wildman–Crippen MR) is 113 cm³/mol. The second-order valence-corrected chi connectivity index (χ2v) is 7.58. The van der Waals surface area contributed by atoms with E-state index in [0.29, 0.717) is 24.9 Å². The fourth-order valence-electron chi connectivity index (χ4n) is 3.69. The Bertz CT molecular complexity index is 814. The van der Waals surface area contributed by atoms with Crippen LogP contribution < -0.4 is 15.4 Å². The summed E-state index contributed by atoms with van der Waals surface area (Å²) in [5.41, 5.74) is 2.54. The summed E-state index contributed by atoms with van der Waals surface area (Å²) in [5, 5.41) is 10.8. The number of piperidine rings is 1. The number of ether oxygens (including phenoxy) is 2. The Morgan fingerprint density at radius 3 is 3.03 bits per heavy atom.